The molecule has 0 saturated carbocycles. The Labute approximate surface area is 47.5 Å². The second kappa shape index (κ2) is 4.71. The van der Waals surface area contributed by atoms with Gasteiger partial charge in [-0.25, -0.2) is 0 Å². The zero-order valence-corrected chi connectivity index (χ0v) is 6.38. The third-order valence-corrected chi connectivity index (χ3v) is 0. The van der Waals surface area contributed by atoms with E-state index in [9.17, 15) is 13.2 Å². The van der Waals surface area contributed by atoms with Gasteiger partial charge < -0.3 is 13.2 Å². The third kappa shape index (κ3) is 68.4. The Balaban J connectivity index is 0. The molecule has 0 heterocycles. The smallest absolute Gasteiger partial charge is 0.385 e. The summed E-state index contributed by atoms with van der Waals surface area (Å²) in [7, 11) is 0. The number of hydrogen-bond donors (Lipinski definition) is 0. The summed E-state index contributed by atoms with van der Waals surface area (Å²) in [6.45, 7) is -3.08. The van der Waals surface area contributed by atoms with Gasteiger partial charge in [0.05, 0.1) is 0 Å². The summed E-state index contributed by atoms with van der Waals surface area (Å²) in [5.74, 6) is 0. The van der Waals surface area contributed by atoms with Gasteiger partial charge in [-0.15, -0.1) is 0 Å². The van der Waals surface area contributed by atoms with Crippen molar-refractivity contribution in [3.8, 4) is 0 Å². The van der Waals surface area contributed by atoms with Crippen LogP contribution in [-0.2, 0) is 27.3 Å². The van der Waals surface area contributed by atoms with Gasteiger partial charge in [0.25, 0.3) is 0 Å². The normalized spacial score (nSPS) is 7.20. The molecule has 26 valence electrons. The molecule has 0 aromatic carbocycles. The second-order valence-corrected chi connectivity index (χ2v) is 0.214. The van der Waals surface area contributed by atoms with Crippen molar-refractivity contribution in [1.82, 2.24) is 0 Å². The van der Waals surface area contributed by atoms with E-state index in [1.165, 1.54) is 0 Å². The van der Waals surface area contributed by atoms with Crippen LogP contribution >= 0.6 is 0 Å². The van der Waals surface area contributed by atoms with Gasteiger partial charge >= 0.3 is 27.3 Å². The fraction of sp³-hybridized carbons (Fsp3) is 0. The van der Waals surface area contributed by atoms with Crippen LogP contribution in [0.25, 0.3) is 0 Å². The van der Waals surface area contributed by atoms with Crippen molar-refractivity contribution in [2.45, 2.75) is 0 Å². The van der Waals surface area contributed by atoms with E-state index in [0.717, 1.165) is 0 Å². The van der Waals surface area contributed by atoms with Crippen LogP contribution in [0.5, 0.6) is 0 Å². The van der Waals surface area contributed by atoms with Gasteiger partial charge in [-0.3, -0.25) is 0 Å². The molecule has 0 aliphatic rings. The Morgan fingerprint density at radius 2 is 1.00 bits per heavy atom. The van der Waals surface area contributed by atoms with Crippen molar-refractivity contribution >= 4 is 0 Å². The topological polar surface area (TPSA) is 0 Å². The molecule has 0 fully saturated rings. The number of halogens is 3. The predicted molar refractivity (Wildman–Crippen MR) is 6.57 cm³/mol. The minimum Gasteiger partial charge on any atom is -0.385 e. The Morgan fingerprint density at radius 3 is 1.00 bits per heavy atom. The minimum atomic E-state index is -3.08. The maximum Gasteiger partial charge on any atom is 2.00 e. The first-order valence-corrected chi connectivity index (χ1v) is 0.567. The quantitative estimate of drug-likeness (QED) is 0.391. The van der Waals surface area contributed by atoms with Crippen LogP contribution in [0.4, 0.5) is 13.2 Å². The summed E-state index contributed by atoms with van der Waals surface area (Å²) in [6, 6.07) is 0. The molecule has 4 heteroatoms. The molecular formula is CCdF3+. The Morgan fingerprint density at radius 1 is 1.00 bits per heavy atom. The van der Waals surface area contributed by atoms with Gasteiger partial charge in [0.15, 0.2) is 6.68 Å². The summed E-state index contributed by atoms with van der Waals surface area (Å²) in [5.41, 5.74) is 0. The van der Waals surface area contributed by atoms with Crippen LogP contribution in [0.15, 0.2) is 0 Å². The van der Waals surface area contributed by atoms with E-state index >= 15 is 0 Å². The largest absolute Gasteiger partial charge is 2.00 e. The first-order valence-electron chi connectivity index (χ1n) is 0.567. The van der Waals surface area contributed by atoms with E-state index in [0.29, 0.717) is 0 Å². The van der Waals surface area contributed by atoms with E-state index in [4.69, 9.17) is 0 Å². The van der Waals surface area contributed by atoms with Crippen molar-refractivity contribution in [2.75, 3.05) is 0 Å². The molecule has 0 aliphatic heterocycles. The van der Waals surface area contributed by atoms with Gasteiger partial charge in [0.2, 0.25) is 0 Å². The van der Waals surface area contributed by atoms with Crippen molar-refractivity contribution in [3.05, 3.63) is 6.68 Å². The maximum absolute atomic E-state index is 9.58. The van der Waals surface area contributed by atoms with Crippen molar-refractivity contribution in [2.24, 2.45) is 0 Å². The molecule has 0 atom stereocenters. The summed E-state index contributed by atoms with van der Waals surface area (Å²) < 4.78 is 28.8. The number of hydrogen-bond acceptors (Lipinski definition) is 0. The Kier molecular flexibility index (Phi) is 8.67. The molecule has 0 aromatic heterocycles. The molecule has 0 nitrogen and oxygen atoms in total. The third-order valence-electron chi connectivity index (χ3n) is 0. The zero-order valence-electron chi connectivity index (χ0n) is 2.34. The summed E-state index contributed by atoms with van der Waals surface area (Å²) in [5, 5.41) is 0. The van der Waals surface area contributed by atoms with E-state index < -0.39 is 6.68 Å². The van der Waals surface area contributed by atoms with Gasteiger partial charge in [0, 0.05) is 0 Å². The Bertz CT molecular complexity index is 11.6. The van der Waals surface area contributed by atoms with Crippen LogP contribution in [0.1, 0.15) is 0 Å². The van der Waals surface area contributed by atoms with Crippen LogP contribution in [0, 0.1) is 6.68 Å². The molecule has 0 spiro atoms. The van der Waals surface area contributed by atoms with E-state index in [1.807, 2.05) is 0 Å². The molecule has 0 bridgehead atoms. The average Bonchev–Trinajstić information content (AvgIpc) is 0.811. The number of rotatable bonds is 0. The van der Waals surface area contributed by atoms with Crippen LogP contribution in [0.2, 0.25) is 0 Å². The van der Waals surface area contributed by atoms with Gasteiger partial charge in [-0.2, -0.15) is 0 Å². The van der Waals surface area contributed by atoms with Crippen molar-refractivity contribution in [3.63, 3.8) is 0 Å². The monoisotopic (exact) mass is 183 g/mol. The van der Waals surface area contributed by atoms with Crippen LogP contribution < -0.4 is 0 Å². The average molecular weight is 181 g/mol. The summed E-state index contributed by atoms with van der Waals surface area (Å²) >= 11 is 0. The molecule has 0 radical (unpaired) electrons. The van der Waals surface area contributed by atoms with E-state index in [-0.39, 0.29) is 27.3 Å². The predicted octanol–water partition coefficient (Wildman–Crippen LogP) is 1.34. The molecule has 0 aromatic rings. The van der Waals surface area contributed by atoms with Gasteiger partial charge in [-0.1, -0.05) is 0 Å². The molecule has 0 rings (SSSR count). The molecule has 5 heavy (non-hydrogen) atoms. The van der Waals surface area contributed by atoms with Crippen LogP contribution in [-0.4, -0.2) is 0 Å². The first-order chi connectivity index (χ1) is 1.73. The zero-order chi connectivity index (χ0) is 3.58. The molecule has 0 saturated heterocycles. The van der Waals surface area contributed by atoms with Crippen molar-refractivity contribution < 1.29 is 40.5 Å². The molecule has 0 unspecified atom stereocenters. The van der Waals surface area contributed by atoms with E-state index in [2.05, 4.69) is 0 Å². The molecule has 0 N–H and O–H groups in total. The molecule has 0 aliphatic carbocycles. The fourth-order valence-corrected chi connectivity index (χ4v) is 0. The van der Waals surface area contributed by atoms with Crippen molar-refractivity contribution in [1.29, 1.82) is 0 Å². The Hall–Kier alpha value is 0.712. The first kappa shape index (κ1) is 9.20. The SMILES string of the molecule is F[C-](F)F.[Cd+2]. The standard InChI is InChI=1S/CF3.Cd/c2-1(3)4;/q-1;+2. The van der Waals surface area contributed by atoms with Gasteiger partial charge in [0.1, 0.15) is 0 Å². The molecular weight excluding hydrogens is 181 g/mol. The fourth-order valence-electron chi connectivity index (χ4n) is 0. The maximum atomic E-state index is 9.58. The van der Waals surface area contributed by atoms with Gasteiger partial charge in [-0.05, 0) is 0 Å². The summed E-state index contributed by atoms with van der Waals surface area (Å²) in [4.78, 5) is 0. The minimum absolute atomic E-state index is 0. The summed E-state index contributed by atoms with van der Waals surface area (Å²) in [6.07, 6.45) is 0. The van der Waals surface area contributed by atoms with Crippen LogP contribution in [0.3, 0.4) is 0 Å². The molecule has 0 amide bonds. The second-order valence-electron chi connectivity index (χ2n) is 0.214. The van der Waals surface area contributed by atoms with E-state index in [1.54, 1.807) is 0 Å².